The summed E-state index contributed by atoms with van der Waals surface area (Å²) >= 11 is 0. The van der Waals surface area contributed by atoms with Crippen LogP contribution in [0.3, 0.4) is 0 Å². The van der Waals surface area contributed by atoms with Gasteiger partial charge in [0.2, 0.25) is 5.91 Å². The smallest absolute Gasteiger partial charge is 0.255 e. The second-order valence-corrected chi connectivity index (χ2v) is 6.81. The van der Waals surface area contributed by atoms with Gasteiger partial charge >= 0.3 is 0 Å². The van der Waals surface area contributed by atoms with Crippen LogP contribution in [-0.2, 0) is 4.79 Å². The van der Waals surface area contributed by atoms with Gasteiger partial charge in [-0.2, -0.15) is 0 Å². The predicted molar refractivity (Wildman–Crippen MR) is 74.6 cm³/mol. The SMILES string of the molecule is CC(C)(C)C1CCC(C(=O)N(CCO)CC(F)F)CC1. The highest BCUT2D eigenvalue weighted by Crippen LogP contribution is 2.40. The summed E-state index contributed by atoms with van der Waals surface area (Å²) in [4.78, 5) is 13.4. The first-order chi connectivity index (χ1) is 9.25. The van der Waals surface area contributed by atoms with Crippen molar-refractivity contribution in [2.75, 3.05) is 19.7 Å². The molecule has 0 heterocycles. The van der Waals surface area contributed by atoms with E-state index in [1.165, 1.54) is 0 Å². The third-order valence-electron chi connectivity index (χ3n) is 4.34. The number of carbonyl (C=O) groups excluding carboxylic acids is 1. The molecule has 0 aromatic heterocycles. The Balaban J connectivity index is 2.55. The van der Waals surface area contributed by atoms with Crippen molar-refractivity contribution in [2.24, 2.45) is 17.3 Å². The minimum Gasteiger partial charge on any atom is -0.395 e. The van der Waals surface area contributed by atoms with Crippen LogP contribution >= 0.6 is 0 Å². The molecule has 1 aliphatic carbocycles. The molecule has 1 saturated carbocycles. The molecule has 1 amide bonds. The molecule has 1 fully saturated rings. The molecule has 5 heteroatoms. The first kappa shape index (κ1) is 17.3. The second-order valence-electron chi connectivity index (χ2n) is 6.81. The van der Waals surface area contributed by atoms with Crippen LogP contribution in [0.4, 0.5) is 8.78 Å². The van der Waals surface area contributed by atoms with E-state index in [-0.39, 0.29) is 30.4 Å². The van der Waals surface area contributed by atoms with E-state index >= 15 is 0 Å². The van der Waals surface area contributed by atoms with Gasteiger partial charge in [-0.15, -0.1) is 0 Å². The van der Waals surface area contributed by atoms with Gasteiger partial charge in [0.15, 0.2) is 0 Å². The maximum absolute atomic E-state index is 12.5. The topological polar surface area (TPSA) is 40.5 Å². The summed E-state index contributed by atoms with van der Waals surface area (Å²) in [5, 5.41) is 8.91. The lowest BCUT2D eigenvalue weighted by molar-refractivity contribution is -0.139. The molecule has 20 heavy (non-hydrogen) atoms. The molecule has 0 aromatic carbocycles. The van der Waals surface area contributed by atoms with Crippen LogP contribution in [0.1, 0.15) is 46.5 Å². The second kappa shape index (κ2) is 7.34. The number of nitrogens with zero attached hydrogens (tertiary/aromatic N) is 1. The van der Waals surface area contributed by atoms with Crippen molar-refractivity contribution in [1.82, 2.24) is 4.90 Å². The standard InChI is InChI=1S/C15H27F2NO2/c1-15(2,3)12-6-4-11(5-7-12)14(20)18(8-9-19)10-13(16)17/h11-13,19H,4-10H2,1-3H3. The molecule has 1 aliphatic rings. The van der Waals surface area contributed by atoms with Crippen molar-refractivity contribution >= 4 is 5.91 Å². The molecular weight excluding hydrogens is 264 g/mol. The van der Waals surface area contributed by atoms with Gasteiger partial charge in [0.1, 0.15) is 0 Å². The average Bonchev–Trinajstić information content (AvgIpc) is 2.36. The Labute approximate surface area is 120 Å². The van der Waals surface area contributed by atoms with Gasteiger partial charge in [0.05, 0.1) is 13.2 Å². The van der Waals surface area contributed by atoms with E-state index in [2.05, 4.69) is 20.8 Å². The summed E-state index contributed by atoms with van der Waals surface area (Å²) in [7, 11) is 0. The van der Waals surface area contributed by atoms with Crippen molar-refractivity contribution in [1.29, 1.82) is 0 Å². The Hall–Kier alpha value is -0.710. The lowest BCUT2D eigenvalue weighted by Gasteiger charge is -2.37. The van der Waals surface area contributed by atoms with Gasteiger partial charge in [-0.05, 0) is 37.0 Å². The number of aliphatic hydroxyl groups excluding tert-OH is 1. The van der Waals surface area contributed by atoms with Crippen molar-refractivity contribution in [2.45, 2.75) is 52.9 Å². The maximum Gasteiger partial charge on any atom is 0.255 e. The minimum absolute atomic E-state index is 0.00235. The molecule has 0 unspecified atom stereocenters. The zero-order chi connectivity index (χ0) is 15.3. The maximum atomic E-state index is 12.5. The lowest BCUT2D eigenvalue weighted by atomic mass is 9.69. The normalized spacial score (nSPS) is 23.9. The third kappa shape index (κ3) is 5.00. The van der Waals surface area contributed by atoms with E-state index in [0.29, 0.717) is 5.92 Å². The van der Waals surface area contributed by atoms with Crippen molar-refractivity contribution in [3.8, 4) is 0 Å². The van der Waals surface area contributed by atoms with Crippen LogP contribution in [0.5, 0.6) is 0 Å². The fourth-order valence-electron chi connectivity index (χ4n) is 3.04. The molecule has 0 saturated heterocycles. The summed E-state index contributed by atoms with van der Waals surface area (Å²) in [6.07, 6.45) is 0.942. The molecule has 3 nitrogen and oxygen atoms in total. The number of halogens is 2. The molecule has 0 atom stereocenters. The summed E-state index contributed by atoms with van der Waals surface area (Å²) in [5.41, 5.74) is 0.238. The number of rotatable bonds is 5. The monoisotopic (exact) mass is 291 g/mol. The number of hydrogen-bond acceptors (Lipinski definition) is 2. The average molecular weight is 291 g/mol. The molecule has 0 bridgehead atoms. The van der Waals surface area contributed by atoms with Crippen molar-refractivity contribution in [3.63, 3.8) is 0 Å². The zero-order valence-electron chi connectivity index (χ0n) is 12.7. The fourth-order valence-corrected chi connectivity index (χ4v) is 3.04. The van der Waals surface area contributed by atoms with Crippen LogP contribution in [0.15, 0.2) is 0 Å². The number of alkyl halides is 2. The molecule has 0 aromatic rings. The van der Waals surface area contributed by atoms with Crippen LogP contribution in [0.25, 0.3) is 0 Å². The largest absolute Gasteiger partial charge is 0.395 e. The summed E-state index contributed by atoms with van der Waals surface area (Å²) in [6.45, 7) is 5.77. The summed E-state index contributed by atoms with van der Waals surface area (Å²) in [6, 6.07) is 0. The predicted octanol–water partition coefficient (Wildman–Crippen LogP) is 2.92. The Bertz CT molecular complexity index is 307. The van der Waals surface area contributed by atoms with Gasteiger partial charge in [0.25, 0.3) is 6.43 Å². The summed E-state index contributed by atoms with van der Waals surface area (Å²) in [5.74, 6) is 0.221. The van der Waals surface area contributed by atoms with Gasteiger partial charge < -0.3 is 10.0 Å². The molecule has 0 spiro atoms. The fraction of sp³-hybridized carbons (Fsp3) is 0.933. The Morgan fingerprint density at radius 3 is 2.20 bits per heavy atom. The van der Waals surface area contributed by atoms with Crippen LogP contribution < -0.4 is 0 Å². The van der Waals surface area contributed by atoms with E-state index in [9.17, 15) is 13.6 Å². The van der Waals surface area contributed by atoms with Gasteiger partial charge in [-0.3, -0.25) is 4.79 Å². The summed E-state index contributed by atoms with van der Waals surface area (Å²) < 4.78 is 25.0. The van der Waals surface area contributed by atoms with E-state index in [4.69, 9.17) is 5.11 Å². The first-order valence-electron chi connectivity index (χ1n) is 7.43. The third-order valence-corrected chi connectivity index (χ3v) is 4.34. The van der Waals surface area contributed by atoms with Crippen LogP contribution in [-0.4, -0.2) is 42.0 Å². The van der Waals surface area contributed by atoms with Gasteiger partial charge in [-0.25, -0.2) is 8.78 Å². The number of hydrogen-bond donors (Lipinski definition) is 1. The van der Waals surface area contributed by atoms with Gasteiger partial charge in [0, 0.05) is 12.5 Å². The minimum atomic E-state index is -2.54. The zero-order valence-corrected chi connectivity index (χ0v) is 12.7. The quantitative estimate of drug-likeness (QED) is 0.846. The molecule has 0 radical (unpaired) electrons. The van der Waals surface area contributed by atoms with E-state index < -0.39 is 13.0 Å². The number of carbonyl (C=O) groups is 1. The Kier molecular flexibility index (Phi) is 6.37. The number of aliphatic hydroxyl groups is 1. The molecule has 1 N–H and O–H groups in total. The molecule has 118 valence electrons. The lowest BCUT2D eigenvalue weighted by Crippen LogP contribution is -2.42. The molecule has 0 aliphatic heterocycles. The highest BCUT2D eigenvalue weighted by Gasteiger charge is 2.34. The van der Waals surface area contributed by atoms with Gasteiger partial charge in [-0.1, -0.05) is 20.8 Å². The van der Waals surface area contributed by atoms with Crippen molar-refractivity contribution in [3.05, 3.63) is 0 Å². The molecule has 1 rings (SSSR count). The highest BCUT2D eigenvalue weighted by molar-refractivity contribution is 5.79. The van der Waals surface area contributed by atoms with Crippen molar-refractivity contribution < 1.29 is 18.7 Å². The van der Waals surface area contributed by atoms with E-state index in [1.807, 2.05) is 0 Å². The van der Waals surface area contributed by atoms with E-state index in [0.717, 1.165) is 30.6 Å². The Morgan fingerprint density at radius 2 is 1.80 bits per heavy atom. The first-order valence-corrected chi connectivity index (χ1v) is 7.43. The number of amides is 1. The highest BCUT2D eigenvalue weighted by atomic mass is 19.3. The van der Waals surface area contributed by atoms with Crippen LogP contribution in [0.2, 0.25) is 0 Å². The van der Waals surface area contributed by atoms with Crippen LogP contribution in [0, 0.1) is 17.3 Å². The Morgan fingerprint density at radius 1 is 1.25 bits per heavy atom. The molecular formula is C15H27F2NO2. The van der Waals surface area contributed by atoms with E-state index in [1.54, 1.807) is 0 Å².